The number of nitrogens with zero attached hydrogens (tertiary/aromatic N) is 4. The summed E-state index contributed by atoms with van der Waals surface area (Å²) in [7, 11) is 0. The zero-order valence-electron chi connectivity index (χ0n) is 14.2. The molecule has 1 aliphatic rings. The first kappa shape index (κ1) is 15.4. The van der Waals surface area contributed by atoms with Crippen molar-refractivity contribution in [2.75, 3.05) is 5.32 Å². The summed E-state index contributed by atoms with van der Waals surface area (Å²) in [6.07, 6.45) is 4.63. The van der Waals surface area contributed by atoms with Crippen molar-refractivity contribution in [1.82, 2.24) is 19.6 Å². The predicted molar refractivity (Wildman–Crippen MR) is 100.0 cm³/mol. The van der Waals surface area contributed by atoms with E-state index in [9.17, 15) is 0 Å². The molecule has 0 atom stereocenters. The molecule has 5 rings (SSSR count). The van der Waals surface area contributed by atoms with Crippen LogP contribution in [0.15, 0.2) is 41.0 Å². The monoisotopic (exact) mass is 365 g/mol. The van der Waals surface area contributed by atoms with Crippen LogP contribution in [0, 0.1) is 6.92 Å². The highest BCUT2D eigenvalue weighted by atomic mass is 35.5. The zero-order chi connectivity index (χ0) is 17.7. The second-order valence-corrected chi connectivity index (χ2v) is 6.86. The zero-order valence-corrected chi connectivity index (χ0v) is 14.9. The van der Waals surface area contributed by atoms with E-state index in [1.165, 1.54) is 5.56 Å². The molecule has 0 fully saturated rings. The third kappa shape index (κ3) is 2.45. The Balaban J connectivity index is 1.67. The minimum absolute atomic E-state index is 0.524. The van der Waals surface area contributed by atoms with Gasteiger partial charge in [0.15, 0.2) is 5.76 Å². The molecule has 0 unspecified atom stereocenters. The summed E-state index contributed by atoms with van der Waals surface area (Å²) < 4.78 is 7.19. The lowest BCUT2D eigenvalue weighted by atomic mass is 10.2. The third-order valence-corrected chi connectivity index (χ3v) is 5.09. The number of fused-ring (bicyclic) bond motifs is 2. The summed E-state index contributed by atoms with van der Waals surface area (Å²) in [6.45, 7) is 1.99. The normalized spacial score (nSPS) is 13.3. The molecule has 3 aromatic heterocycles. The largest absolute Gasteiger partial charge is 0.461 e. The number of aryl methyl sites for hydroxylation is 2. The van der Waals surface area contributed by atoms with Gasteiger partial charge >= 0.3 is 0 Å². The Morgan fingerprint density at radius 3 is 2.92 bits per heavy atom. The fourth-order valence-corrected chi connectivity index (χ4v) is 3.51. The Labute approximate surface area is 154 Å². The van der Waals surface area contributed by atoms with Gasteiger partial charge in [-0.2, -0.15) is 9.50 Å². The SMILES string of the molecule is Cc1ccc(Nc2c3c(nc4nc(-c5ccco5)nn24)CCC3)cc1Cl. The van der Waals surface area contributed by atoms with Crippen LogP contribution in [0.3, 0.4) is 0 Å². The number of anilines is 2. The third-order valence-electron chi connectivity index (χ3n) is 4.69. The number of rotatable bonds is 3. The topological polar surface area (TPSA) is 68.2 Å². The van der Waals surface area contributed by atoms with E-state index >= 15 is 0 Å². The van der Waals surface area contributed by atoms with Gasteiger partial charge in [-0.3, -0.25) is 0 Å². The van der Waals surface area contributed by atoms with Gasteiger partial charge in [-0.05, 0) is 56.0 Å². The summed E-state index contributed by atoms with van der Waals surface area (Å²) in [6, 6.07) is 9.60. The van der Waals surface area contributed by atoms with Crippen LogP contribution in [0.2, 0.25) is 5.02 Å². The molecular formula is C19H16ClN5O. The maximum absolute atomic E-state index is 6.29. The summed E-state index contributed by atoms with van der Waals surface area (Å²) in [5, 5.41) is 8.83. The van der Waals surface area contributed by atoms with Crippen LogP contribution in [0.5, 0.6) is 0 Å². The van der Waals surface area contributed by atoms with Gasteiger partial charge < -0.3 is 9.73 Å². The van der Waals surface area contributed by atoms with E-state index in [2.05, 4.69) is 15.4 Å². The summed E-state index contributed by atoms with van der Waals surface area (Å²) >= 11 is 6.29. The van der Waals surface area contributed by atoms with Crippen molar-refractivity contribution in [3.8, 4) is 11.6 Å². The van der Waals surface area contributed by atoms with E-state index in [1.54, 1.807) is 10.8 Å². The lowest BCUT2D eigenvalue weighted by molar-refractivity contribution is 0.577. The molecule has 1 aliphatic carbocycles. The molecule has 7 heteroatoms. The highest BCUT2D eigenvalue weighted by Gasteiger charge is 2.23. The van der Waals surface area contributed by atoms with Crippen molar-refractivity contribution in [1.29, 1.82) is 0 Å². The minimum atomic E-state index is 0.524. The van der Waals surface area contributed by atoms with Crippen LogP contribution in [-0.4, -0.2) is 19.6 Å². The minimum Gasteiger partial charge on any atom is -0.461 e. The second kappa shape index (κ2) is 5.85. The first-order valence-corrected chi connectivity index (χ1v) is 8.92. The number of hydrogen-bond acceptors (Lipinski definition) is 5. The second-order valence-electron chi connectivity index (χ2n) is 6.45. The molecule has 1 aromatic carbocycles. The average Bonchev–Trinajstić information content (AvgIpc) is 3.36. The highest BCUT2D eigenvalue weighted by Crippen LogP contribution is 2.32. The Morgan fingerprint density at radius 1 is 1.19 bits per heavy atom. The van der Waals surface area contributed by atoms with E-state index in [4.69, 9.17) is 21.0 Å². The van der Waals surface area contributed by atoms with Crippen molar-refractivity contribution in [3.63, 3.8) is 0 Å². The van der Waals surface area contributed by atoms with Crippen LogP contribution in [0.4, 0.5) is 11.5 Å². The van der Waals surface area contributed by atoms with Gasteiger partial charge in [0.2, 0.25) is 5.82 Å². The van der Waals surface area contributed by atoms with Crippen molar-refractivity contribution >= 4 is 28.9 Å². The standard InChI is InChI=1S/C19H16ClN5O/c1-11-7-8-12(10-14(11)20)21-18-13-4-2-5-15(13)22-19-23-17(24-25(18)19)16-6-3-9-26-16/h3,6-10,21H,2,4-5H2,1H3. The molecule has 0 spiro atoms. The summed E-state index contributed by atoms with van der Waals surface area (Å²) in [4.78, 5) is 9.25. The summed E-state index contributed by atoms with van der Waals surface area (Å²) in [5.41, 5.74) is 4.22. The number of aromatic nitrogens is 4. The van der Waals surface area contributed by atoms with Gasteiger partial charge in [0.1, 0.15) is 5.82 Å². The quantitative estimate of drug-likeness (QED) is 0.575. The van der Waals surface area contributed by atoms with Crippen molar-refractivity contribution in [3.05, 3.63) is 58.4 Å². The molecule has 26 heavy (non-hydrogen) atoms. The maximum atomic E-state index is 6.29. The first-order valence-electron chi connectivity index (χ1n) is 8.54. The molecule has 0 radical (unpaired) electrons. The highest BCUT2D eigenvalue weighted by molar-refractivity contribution is 6.31. The molecular weight excluding hydrogens is 350 g/mol. The molecule has 6 nitrogen and oxygen atoms in total. The van der Waals surface area contributed by atoms with Crippen molar-refractivity contribution in [2.45, 2.75) is 26.2 Å². The number of furan rings is 1. The van der Waals surface area contributed by atoms with E-state index in [0.29, 0.717) is 17.4 Å². The Kier molecular flexibility index (Phi) is 3.46. The summed E-state index contributed by atoms with van der Waals surface area (Å²) in [5.74, 6) is 2.61. The lowest BCUT2D eigenvalue weighted by Gasteiger charge is -2.13. The number of halogens is 1. The van der Waals surface area contributed by atoms with Gasteiger partial charge in [-0.15, -0.1) is 5.10 Å². The molecule has 3 heterocycles. The van der Waals surface area contributed by atoms with Gasteiger partial charge in [0.25, 0.3) is 5.78 Å². The molecule has 1 N–H and O–H groups in total. The van der Waals surface area contributed by atoms with Crippen LogP contribution in [0.1, 0.15) is 23.2 Å². The predicted octanol–water partition coefficient (Wildman–Crippen LogP) is 4.58. The fourth-order valence-electron chi connectivity index (χ4n) is 3.33. The first-order chi connectivity index (χ1) is 12.7. The molecule has 130 valence electrons. The van der Waals surface area contributed by atoms with Crippen LogP contribution < -0.4 is 5.32 Å². The van der Waals surface area contributed by atoms with Gasteiger partial charge in [0.05, 0.1) is 12.0 Å². The smallest absolute Gasteiger partial charge is 0.255 e. The van der Waals surface area contributed by atoms with Crippen LogP contribution in [-0.2, 0) is 12.8 Å². The Morgan fingerprint density at radius 2 is 2.12 bits per heavy atom. The van der Waals surface area contributed by atoms with E-state index in [1.807, 2.05) is 37.3 Å². The van der Waals surface area contributed by atoms with Crippen molar-refractivity contribution < 1.29 is 4.42 Å². The van der Waals surface area contributed by atoms with Gasteiger partial charge in [-0.25, -0.2) is 4.98 Å². The number of hydrogen-bond donors (Lipinski definition) is 1. The van der Waals surface area contributed by atoms with E-state index in [-0.39, 0.29) is 0 Å². The molecule has 0 amide bonds. The van der Waals surface area contributed by atoms with Gasteiger partial charge in [0, 0.05) is 16.3 Å². The molecule has 4 aromatic rings. The van der Waals surface area contributed by atoms with Gasteiger partial charge in [-0.1, -0.05) is 17.7 Å². The number of nitrogens with one attached hydrogen (secondary N) is 1. The molecule has 0 bridgehead atoms. The Hall–Kier alpha value is -2.86. The average molecular weight is 366 g/mol. The van der Waals surface area contributed by atoms with Crippen LogP contribution >= 0.6 is 11.6 Å². The van der Waals surface area contributed by atoms with Crippen molar-refractivity contribution in [2.24, 2.45) is 0 Å². The van der Waals surface area contributed by atoms with Crippen LogP contribution in [0.25, 0.3) is 17.4 Å². The lowest BCUT2D eigenvalue weighted by Crippen LogP contribution is -2.07. The Bertz CT molecular complexity index is 1120. The van der Waals surface area contributed by atoms with E-state index < -0.39 is 0 Å². The van der Waals surface area contributed by atoms with E-state index in [0.717, 1.165) is 47.0 Å². The molecule has 0 saturated carbocycles. The number of benzene rings is 1. The fraction of sp³-hybridized carbons (Fsp3) is 0.211. The maximum Gasteiger partial charge on any atom is 0.255 e. The molecule has 0 aliphatic heterocycles. The molecule has 0 saturated heterocycles.